The Bertz CT molecular complexity index is 252. The first-order valence-corrected chi connectivity index (χ1v) is 6.90. The topological polar surface area (TPSA) is 61.5 Å². The lowest BCUT2D eigenvalue weighted by Gasteiger charge is -2.27. The van der Waals surface area contributed by atoms with Crippen LogP contribution in [0.4, 0.5) is 0 Å². The van der Waals surface area contributed by atoms with E-state index in [-0.39, 0.29) is 12.6 Å². The zero-order valence-electron chi connectivity index (χ0n) is 11.9. The molecule has 0 unspecified atom stereocenters. The van der Waals surface area contributed by atoms with Gasteiger partial charge < -0.3 is 15.2 Å². The molecular weight excluding hydrogens is 230 g/mol. The molecule has 0 aromatic rings. The van der Waals surface area contributed by atoms with Gasteiger partial charge in [-0.3, -0.25) is 0 Å². The van der Waals surface area contributed by atoms with Gasteiger partial charge in [0.25, 0.3) is 0 Å². The molecule has 1 saturated carbocycles. The number of esters is 1. The summed E-state index contributed by atoms with van der Waals surface area (Å²) in [6, 6.07) is 0. The summed E-state index contributed by atoms with van der Waals surface area (Å²) in [5.74, 6) is 0.987. The molecule has 4 heteroatoms. The Kier molecular flexibility index (Phi) is 6.09. The number of hydrogen-bond acceptors (Lipinski definition) is 4. The third-order valence-corrected chi connectivity index (χ3v) is 3.29. The van der Waals surface area contributed by atoms with Gasteiger partial charge in [-0.2, -0.15) is 0 Å². The van der Waals surface area contributed by atoms with Crippen LogP contribution < -0.4 is 5.73 Å². The smallest absolute Gasteiger partial charge is 0.332 e. The van der Waals surface area contributed by atoms with Crippen molar-refractivity contribution in [3.05, 3.63) is 0 Å². The van der Waals surface area contributed by atoms with E-state index in [0.717, 1.165) is 19.4 Å². The van der Waals surface area contributed by atoms with Crippen molar-refractivity contribution in [1.82, 2.24) is 0 Å². The highest BCUT2D eigenvalue weighted by Gasteiger charge is 2.21. The molecule has 1 aliphatic rings. The maximum atomic E-state index is 11.4. The molecule has 0 aliphatic heterocycles. The van der Waals surface area contributed by atoms with E-state index in [0.29, 0.717) is 18.4 Å². The van der Waals surface area contributed by atoms with Gasteiger partial charge in [-0.1, -0.05) is 0 Å². The molecule has 0 heterocycles. The molecule has 106 valence electrons. The quantitative estimate of drug-likeness (QED) is 0.766. The van der Waals surface area contributed by atoms with Crippen LogP contribution in [0.2, 0.25) is 0 Å². The molecule has 4 nitrogen and oxygen atoms in total. The van der Waals surface area contributed by atoms with Crippen molar-refractivity contribution in [3.8, 4) is 0 Å². The van der Waals surface area contributed by atoms with Crippen LogP contribution in [0.25, 0.3) is 0 Å². The number of hydrogen-bond donors (Lipinski definition) is 1. The third-order valence-electron chi connectivity index (χ3n) is 3.29. The van der Waals surface area contributed by atoms with E-state index >= 15 is 0 Å². The van der Waals surface area contributed by atoms with Gasteiger partial charge in [0.2, 0.25) is 0 Å². The number of carbonyl (C=O) groups excluding carboxylic acids is 1. The number of carbonyl (C=O) groups is 1. The van der Waals surface area contributed by atoms with E-state index in [4.69, 9.17) is 15.2 Å². The summed E-state index contributed by atoms with van der Waals surface area (Å²) < 4.78 is 10.6. The maximum Gasteiger partial charge on any atom is 0.332 e. The summed E-state index contributed by atoms with van der Waals surface area (Å²) in [6.45, 7) is 7.10. The van der Waals surface area contributed by atoms with Crippen LogP contribution in [0, 0.1) is 11.8 Å². The summed E-state index contributed by atoms with van der Waals surface area (Å²) >= 11 is 0. The predicted molar refractivity (Wildman–Crippen MR) is 71.2 cm³/mol. The highest BCUT2D eigenvalue weighted by molar-refractivity contribution is 5.71. The Hall–Kier alpha value is -0.610. The Labute approximate surface area is 110 Å². The van der Waals surface area contributed by atoms with Crippen molar-refractivity contribution in [2.75, 3.05) is 19.8 Å². The predicted octanol–water partition coefficient (Wildman–Crippen LogP) is 2.11. The highest BCUT2D eigenvalue weighted by atomic mass is 16.6. The lowest BCUT2D eigenvalue weighted by atomic mass is 9.82. The Morgan fingerprint density at radius 3 is 2.22 bits per heavy atom. The van der Waals surface area contributed by atoms with Gasteiger partial charge in [0.1, 0.15) is 12.2 Å². The van der Waals surface area contributed by atoms with Crippen molar-refractivity contribution in [1.29, 1.82) is 0 Å². The van der Waals surface area contributed by atoms with Crippen molar-refractivity contribution >= 4 is 5.97 Å². The average molecular weight is 257 g/mol. The molecule has 0 aromatic carbocycles. The first-order chi connectivity index (χ1) is 8.40. The second-order valence-corrected chi connectivity index (χ2v) is 6.22. The van der Waals surface area contributed by atoms with Crippen molar-refractivity contribution in [2.24, 2.45) is 17.6 Å². The minimum atomic E-state index is -0.431. The first kappa shape index (κ1) is 15.4. The fourth-order valence-corrected chi connectivity index (χ4v) is 2.31. The summed E-state index contributed by atoms with van der Waals surface area (Å²) in [6.07, 6.45) is 4.71. The molecule has 0 radical (unpaired) electrons. The van der Waals surface area contributed by atoms with Gasteiger partial charge in [-0.05, 0) is 64.8 Å². The van der Waals surface area contributed by atoms with Crippen molar-refractivity contribution in [2.45, 2.75) is 52.1 Å². The molecule has 0 saturated heterocycles. The number of ether oxygens (including phenoxy) is 2. The minimum absolute atomic E-state index is 0.0636. The second-order valence-electron chi connectivity index (χ2n) is 6.22. The van der Waals surface area contributed by atoms with E-state index in [9.17, 15) is 4.79 Å². The third kappa shape index (κ3) is 6.36. The van der Waals surface area contributed by atoms with Gasteiger partial charge in [0, 0.05) is 0 Å². The van der Waals surface area contributed by atoms with E-state index in [1.807, 2.05) is 20.8 Å². The van der Waals surface area contributed by atoms with Crippen LogP contribution in [0.3, 0.4) is 0 Å². The lowest BCUT2D eigenvalue weighted by Crippen LogP contribution is -2.28. The van der Waals surface area contributed by atoms with Crippen LogP contribution in [-0.2, 0) is 14.3 Å². The molecule has 0 atom stereocenters. The Morgan fingerprint density at radius 1 is 1.17 bits per heavy atom. The van der Waals surface area contributed by atoms with Crippen LogP contribution in [-0.4, -0.2) is 31.3 Å². The SMILES string of the molecule is CC(C)(C)OC(=O)COCC1CCC(CN)CC1. The molecule has 2 N–H and O–H groups in total. The Morgan fingerprint density at radius 2 is 1.72 bits per heavy atom. The summed E-state index contributed by atoms with van der Waals surface area (Å²) in [5.41, 5.74) is 5.22. The fourth-order valence-electron chi connectivity index (χ4n) is 2.31. The average Bonchev–Trinajstić information content (AvgIpc) is 2.27. The molecule has 1 fully saturated rings. The fraction of sp³-hybridized carbons (Fsp3) is 0.929. The van der Waals surface area contributed by atoms with E-state index < -0.39 is 5.60 Å². The summed E-state index contributed by atoms with van der Waals surface area (Å²) in [5, 5.41) is 0. The van der Waals surface area contributed by atoms with Crippen molar-refractivity contribution in [3.63, 3.8) is 0 Å². The van der Waals surface area contributed by atoms with Gasteiger partial charge in [-0.15, -0.1) is 0 Å². The Balaban J connectivity index is 2.10. The standard InChI is InChI=1S/C14H27NO3/c1-14(2,3)18-13(16)10-17-9-12-6-4-11(8-15)5-7-12/h11-12H,4-10,15H2,1-3H3. The minimum Gasteiger partial charge on any atom is -0.458 e. The number of nitrogens with two attached hydrogens (primary N) is 1. The molecule has 18 heavy (non-hydrogen) atoms. The monoisotopic (exact) mass is 257 g/mol. The molecule has 0 spiro atoms. The number of rotatable bonds is 5. The maximum absolute atomic E-state index is 11.4. The van der Waals surface area contributed by atoms with Crippen LogP contribution in [0.15, 0.2) is 0 Å². The second kappa shape index (κ2) is 7.10. The molecule has 1 aliphatic carbocycles. The largest absolute Gasteiger partial charge is 0.458 e. The molecule has 1 rings (SSSR count). The summed E-state index contributed by atoms with van der Waals surface area (Å²) in [4.78, 5) is 11.4. The van der Waals surface area contributed by atoms with Gasteiger partial charge in [0.05, 0.1) is 6.61 Å². The molecular formula is C14H27NO3. The molecule has 0 aromatic heterocycles. The normalized spacial score (nSPS) is 24.9. The van der Waals surface area contributed by atoms with Crippen LogP contribution >= 0.6 is 0 Å². The lowest BCUT2D eigenvalue weighted by molar-refractivity contribution is -0.160. The highest BCUT2D eigenvalue weighted by Crippen LogP contribution is 2.28. The van der Waals surface area contributed by atoms with Crippen LogP contribution in [0.5, 0.6) is 0 Å². The van der Waals surface area contributed by atoms with E-state index in [2.05, 4.69) is 0 Å². The summed E-state index contributed by atoms with van der Waals surface area (Å²) in [7, 11) is 0. The van der Waals surface area contributed by atoms with Crippen LogP contribution in [0.1, 0.15) is 46.5 Å². The molecule has 0 bridgehead atoms. The van der Waals surface area contributed by atoms with Crippen molar-refractivity contribution < 1.29 is 14.3 Å². The van der Waals surface area contributed by atoms with Gasteiger partial charge in [0.15, 0.2) is 0 Å². The first-order valence-electron chi connectivity index (χ1n) is 6.90. The van der Waals surface area contributed by atoms with Gasteiger partial charge >= 0.3 is 5.97 Å². The molecule has 0 amide bonds. The van der Waals surface area contributed by atoms with Gasteiger partial charge in [-0.25, -0.2) is 4.79 Å². The zero-order chi connectivity index (χ0) is 13.6. The zero-order valence-corrected chi connectivity index (χ0v) is 11.9. The van der Waals surface area contributed by atoms with E-state index in [1.54, 1.807) is 0 Å². The van der Waals surface area contributed by atoms with E-state index in [1.165, 1.54) is 12.8 Å².